The Balaban J connectivity index is 1.31. The molecule has 1 aromatic rings. The number of thiol groups is 1. The number of benzene rings is 1. The van der Waals surface area contributed by atoms with E-state index in [-0.39, 0.29) is 42.2 Å². The van der Waals surface area contributed by atoms with Crippen LogP contribution >= 0.6 is 12.6 Å². The van der Waals surface area contributed by atoms with Gasteiger partial charge in [0.2, 0.25) is 5.91 Å². The zero-order chi connectivity index (χ0) is 31.7. The number of nitrogens with zero attached hydrogens (tertiary/aromatic N) is 5. The second-order valence-electron chi connectivity index (χ2n) is 12.5. The summed E-state index contributed by atoms with van der Waals surface area (Å²) in [6.45, 7) is 11.5. The Morgan fingerprint density at radius 1 is 1.14 bits per heavy atom. The third-order valence-corrected chi connectivity index (χ3v) is 9.61. The van der Waals surface area contributed by atoms with Gasteiger partial charge in [0, 0.05) is 50.0 Å². The number of nitriles is 1. The molecule has 1 N–H and O–H groups in total. The number of ether oxygens (including phenoxy) is 1. The number of aliphatic carboxylic acids is 1. The SMILES string of the molecule is C[C@@H]1CN(CCOC2CCC(N3C(S)N(c4ccc(C#N)c(C(F)(F)F)c4)C(=O)C3(C)C)CC2)C[C@H](C)N1CCC(=O)O. The molecule has 3 aliphatic rings. The number of amides is 1. The first-order chi connectivity index (χ1) is 20.1. The summed E-state index contributed by atoms with van der Waals surface area (Å²) in [5, 5.41) is 18.2. The van der Waals surface area contributed by atoms with E-state index in [1.54, 1.807) is 19.9 Å². The van der Waals surface area contributed by atoms with E-state index in [2.05, 4.69) is 23.6 Å². The Morgan fingerprint density at radius 3 is 2.33 bits per heavy atom. The van der Waals surface area contributed by atoms with E-state index >= 15 is 0 Å². The van der Waals surface area contributed by atoms with Crippen LogP contribution < -0.4 is 4.90 Å². The van der Waals surface area contributed by atoms with Gasteiger partial charge >= 0.3 is 12.1 Å². The third-order valence-electron chi connectivity index (χ3n) is 9.13. The van der Waals surface area contributed by atoms with Crippen LogP contribution in [0.25, 0.3) is 0 Å². The van der Waals surface area contributed by atoms with Crippen molar-refractivity contribution in [2.24, 2.45) is 0 Å². The summed E-state index contributed by atoms with van der Waals surface area (Å²) in [5.41, 5.74) is -3.22. The average molecular weight is 626 g/mol. The number of hydrogen-bond acceptors (Lipinski definition) is 8. The highest BCUT2D eigenvalue weighted by Gasteiger charge is 2.54. The standard InChI is InChI=1S/C30H42F3N5O4S/c1-19-17-35(18-20(2)36(19)12-11-26(39)40)13-14-42-24-9-7-22(8-10-24)38-28(43)37(27(41)29(38,3)4)23-6-5-21(16-34)25(15-23)30(31,32)33/h5-6,15,19-20,22,24,28,43H,7-14,17-18H2,1-4H3,(H,39,40)/t19-,20+,22?,24?,28?. The van der Waals surface area contributed by atoms with Gasteiger partial charge in [0.15, 0.2) is 0 Å². The van der Waals surface area contributed by atoms with Crippen molar-refractivity contribution in [3.8, 4) is 6.07 Å². The normalized spacial score (nSPS) is 29.1. The van der Waals surface area contributed by atoms with Gasteiger partial charge in [0.05, 0.1) is 41.9 Å². The Hall–Kier alpha value is -2.37. The molecule has 3 fully saturated rings. The average Bonchev–Trinajstić information content (AvgIpc) is 3.10. The van der Waals surface area contributed by atoms with Crippen molar-refractivity contribution in [1.29, 1.82) is 5.26 Å². The lowest BCUT2D eigenvalue weighted by molar-refractivity contribution is -0.138. The first-order valence-electron chi connectivity index (χ1n) is 14.9. The number of halogens is 3. The lowest BCUT2D eigenvalue weighted by Gasteiger charge is -2.44. The van der Waals surface area contributed by atoms with Crippen LogP contribution in [0.1, 0.15) is 70.9 Å². The second kappa shape index (κ2) is 13.3. The van der Waals surface area contributed by atoms with Crippen LogP contribution in [0.15, 0.2) is 18.2 Å². The largest absolute Gasteiger partial charge is 0.481 e. The zero-order valence-corrected chi connectivity index (χ0v) is 26.1. The molecule has 13 heteroatoms. The van der Waals surface area contributed by atoms with Crippen molar-refractivity contribution in [2.45, 2.75) is 101 Å². The molecule has 0 bridgehead atoms. The zero-order valence-electron chi connectivity index (χ0n) is 25.2. The van der Waals surface area contributed by atoms with Gasteiger partial charge in [-0.3, -0.25) is 29.2 Å². The molecule has 0 aromatic heterocycles. The Bertz CT molecular complexity index is 1210. The van der Waals surface area contributed by atoms with Crippen LogP contribution in [0.5, 0.6) is 0 Å². The van der Waals surface area contributed by atoms with Crippen molar-refractivity contribution >= 4 is 30.2 Å². The van der Waals surface area contributed by atoms with E-state index in [9.17, 15) is 22.8 Å². The molecule has 1 unspecified atom stereocenters. The van der Waals surface area contributed by atoms with Gasteiger partial charge in [-0.1, -0.05) is 0 Å². The lowest BCUT2D eigenvalue weighted by atomic mass is 9.89. The maximum absolute atomic E-state index is 13.6. The van der Waals surface area contributed by atoms with Crippen LogP contribution in [-0.2, 0) is 20.5 Å². The minimum atomic E-state index is -4.73. The van der Waals surface area contributed by atoms with Gasteiger partial charge in [-0.2, -0.15) is 18.4 Å². The fraction of sp³-hybridized carbons (Fsp3) is 0.700. The minimum Gasteiger partial charge on any atom is -0.481 e. The monoisotopic (exact) mass is 625 g/mol. The van der Waals surface area contributed by atoms with Gasteiger partial charge in [0.25, 0.3) is 0 Å². The molecule has 1 aromatic carbocycles. The number of alkyl halides is 3. The Kier molecular flexibility index (Phi) is 10.4. The first kappa shape index (κ1) is 33.5. The summed E-state index contributed by atoms with van der Waals surface area (Å²) in [6, 6.07) is 5.46. The summed E-state index contributed by atoms with van der Waals surface area (Å²) in [6.07, 6.45) is -1.35. The van der Waals surface area contributed by atoms with Crippen molar-refractivity contribution in [2.75, 3.05) is 37.7 Å². The van der Waals surface area contributed by atoms with Crippen LogP contribution in [0.3, 0.4) is 0 Å². The van der Waals surface area contributed by atoms with E-state index < -0.39 is 34.3 Å². The second-order valence-corrected chi connectivity index (χ2v) is 12.9. The van der Waals surface area contributed by atoms with E-state index in [0.717, 1.165) is 57.5 Å². The predicted molar refractivity (Wildman–Crippen MR) is 159 cm³/mol. The lowest BCUT2D eigenvalue weighted by Crippen LogP contribution is -2.57. The van der Waals surface area contributed by atoms with E-state index in [0.29, 0.717) is 13.2 Å². The highest BCUT2D eigenvalue weighted by molar-refractivity contribution is 7.81. The molecule has 0 spiro atoms. The van der Waals surface area contributed by atoms with Crippen LogP contribution in [0, 0.1) is 11.3 Å². The van der Waals surface area contributed by atoms with Crippen molar-refractivity contribution in [3.05, 3.63) is 29.3 Å². The molecule has 43 heavy (non-hydrogen) atoms. The summed E-state index contributed by atoms with van der Waals surface area (Å²) in [4.78, 5) is 32.4. The quantitative estimate of drug-likeness (QED) is 0.390. The molecular weight excluding hydrogens is 583 g/mol. The smallest absolute Gasteiger partial charge is 0.417 e. The van der Waals surface area contributed by atoms with Crippen molar-refractivity contribution in [1.82, 2.24) is 14.7 Å². The van der Waals surface area contributed by atoms with Crippen molar-refractivity contribution in [3.63, 3.8) is 0 Å². The number of rotatable bonds is 9. The van der Waals surface area contributed by atoms with E-state index in [4.69, 9.17) is 27.7 Å². The number of carboxylic acids is 1. The predicted octanol–water partition coefficient (Wildman–Crippen LogP) is 4.41. The number of hydrogen-bond donors (Lipinski definition) is 2. The molecule has 1 saturated carbocycles. The Morgan fingerprint density at radius 2 is 1.77 bits per heavy atom. The van der Waals surface area contributed by atoms with Crippen molar-refractivity contribution < 1.29 is 32.6 Å². The molecule has 1 aliphatic carbocycles. The molecule has 238 valence electrons. The maximum atomic E-state index is 13.6. The number of anilines is 1. The molecule has 2 heterocycles. The number of piperazine rings is 1. The van der Waals surface area contributed by atoms with Crippen LogP contribution in [-0.4, -0.2) is 99.7 Å². The molecule has 3 atom stereocenters. The number of carboxylic acid groups (broad SMARTS) is 1. The minimum absolute atomic E-state index is 0.00680. The molecule has 0 radical (unpaired) electrons. The fourth-order valence-corrected chi connectivity index (χ4v) is 7.70. The van der Waals surface area contributed by atoms with Gasteiger partial charge in [-0.15, -0.1) is 12.6 Å². The highest BCUT2D eigenvalue weighted by atomic mass is 32.1. The first-order valence-corrected chi connectivity index (χ1v) is 15.4. The molecule has 9 nitrogen and oxygen atoms in total. The van der Waals surface area contributed by atoms with E-state index in [1.807, 2.05) is 4.90 Å². The van der Waals surface area contributed by atoms with Crippen LogP contribution in [0.2, 0.25) is 0 Å². The van der Waals surface area contributed by atoms with Gasteiger partial charge in [0.1, 0.15) is 5.50 Å². The topological polar surface area (TPSA) is 100 Å². The van der Waals surface area contributed by atoms with Gasteiger partial charge < -0.3 is 9.84 Å². The summed E-state index contributed by atoms with van der Waals surface area (Å²) in [7, 11) is 0. The maximum Gasteiger partial charge on any atom is 0.417 e. The molecule has 2 aliphatic heterocycles. The van der Waals surface area contributed by atoms with Crippen LogP contribution in [0.4, 0.5) is 18.9 Å². The highest BCUT2D eigenvalue weighted by Crippen LogP contribution is 2.43. The Labute approximate surface area is 256 Å². The summed E-state index contributed by atoms with van der Waals surface area (Å²) >= 11 is 4.73. The molecule has 1 amide bonds. The molecular formula is C30H42F3N5O4S. The molecule has 4 rings (SSSR count). The van der Waals surface area contributed by atoms with E-state index in [1.165, 1.54) is 11.0 Å². The summed E-state index contributed by atoms with van der Waals surface area (Å²) < 4.78 is 47.1. The fourth-order valence-electron chi connectivity index (χ4n) is 6.99. The van der Waals surface area contributed by atoms with Gasteiger partial charge in [-0.05, 0) is 71.6 Å². The number of carbonyl (C=O) groups excluding carboxylic acids is 1. The van der Waals surface area contributed by atoms with Gasteiger partial charge in [-0.25, -0.2) is 0 Å². The number of carbonyl (C=O) groups is 2. The summed E-state index contributed by atoms with van der Waals surface area (Å²) in [5.74, 6) is -1.12. The molecule has 2 saturated heterocycles. The third kappa shape index (κ3) is 7.31.